The van der Waals surface area contributed by atoms with Crippen molar-refractivity contribution in [3.05, 3.63) is 88.2 Å². The number of methoxy groups -OCH3 is 1. The van der Waals surface area contributed by atoms with E-state index in [1.165, 1.54) is 0 Å². The fourth-order valence-corrected chi connectivity index (χ4v) is 4.09. The lowest BCUT2D eigenvalue weighted by molar-refractivity contribution is 0.104. The number of ketones is 1. The Balaban J connectivity index is 1.92. The van der Waals surface area contributed by atoms with Crippen LogP contribution in [0.5, 0.6) is 5.75 Å². The first-order valence-electron chi connectivity index (χ1n) is 9.31. The highest BCUT2D eigenvalue weighted by Gasteiger charge is 2.29. The number of nitrogens with one attached hydrogen (secondary N) is 1. The van der Waals surface area contributed by atoms with E-state index in [0.717, 1.165) is 22.0 Å². The van der Waals surface area contributed by atoms with Gasteiger partial charge in [-0.25, -0.2) is 0 Å². The number of fused-ring (bicyclic) bond motifs is 2. The monoisotopic (exact) mass is 382 g/mol. The summed E-state index contributed by atoms with van der Waals surface area (Å²) in [5.74, 6) is 0.607. The van der Waals surface area contributed by atoms with Crippen LogP contribution in [0.25, 0.3) is 22.0 Å². The second-order valence-corrected chi connectivity index (χ2v) is 7.01. The normalized spacial score (nSPS) is 12.0. The van der Waals surface area contributed by atoms with Crippen LogP contribution in [0.1, 0.15) is 15.9 Å². The standard InChI is InChI=1S/C24H18N2O3/c1-26-18-12-7-10-16-20(18)21(14-8-3-4-9-15(14)23(16)27)22(24(26)28)25-17-11-5-6-13-19(17)29-2/h3-13,25H,1-2H3. The molecule has 3 aromatic carbocycles. The van der Waals surface area contributed by atoms with Crippen molar-refractivity contribution in [2.75, 3.05) is 12.4 Å². The van der Waals surface area contributed by atoms with Crippen LogP contribution in [0, 0.1) is 0 Å². The smallest absolute Gasteiger partial charge is 0.275 e. The van der Waals surface area contributed by atoms with Crippen molar-refractivity contribution in [1.29, 1.82) is 0 Å². The number of hydrogen-bond donors (Lipinski definition) is 1. The number of aromatic nitrogens is 1. The molecular weight excluding hydrogens is 364 g/mol. The summed E-state index contributed by atoms with van der Waals surface area (Å²) >= 11 is 0. The highest BCUT2D eigenvalue weighted by atomic mass is 16.5. The highest BCUT2D eigenvalue weighted by Crippen LogP contribution is 2.43. The molecule has 0 spiro atoms. The quantitative estimate of drug-likeness (QED) is 0.499. The van der Waals surface area contributed by atoms with Crippen molar-refractivity contribution < 1.29 is 9.53 Å². The molecule has 1 aliphatic carbocycles. The topological polar surface area (TPSA) is 60.3 Å². The highest BCUT2D eigenvalue weighted by molar-refractivity contribution is 6.27. The maximum atomic E-state index is 13.4. The summed E-state index contributed by atoms with van der Waals surface area (Å²) in [6.07, 6.45) is 0. The molecule has 29 heavy (non-hydrogen) atoms. The van der Waals surface area contributed by atoms with E-state index < -0.39 is 0 Å². The molecule has 0 fully saturated rings. The number of para-hydroxylation sites is 2. The van der Waals surface area contributed by atoms with Gasteiger partial charge in [0.15, 0.2) is 5.78 Å². The Morgan fingerprint density at radius 3 is 2.31 bits per heavy atom. The van der Waals surface area contributed by atoms with E-state index in [2.05, 4.69) is 5.32 Å². The lowest BCUT2D eigenvalue weighted by Gasteiger charge is -2.24. The van der Waals surface area contributed by atoms with Gasteiger partial charge in [0.1, 0.15) is 11.4 Å². The molecular formula is C24H18N2O3. The van der Waals surface area contributed by atoms with E-state index in [9.17, 15) is 9.59 Å². The van der Waals surface area contributed by atoms with Gasteiger partial charge < -0.3 is 14.6 Å². The molecule has 5 rings (SSSR count). The molecule has 0 radical (unpaired) electrons. The minimum absolute atomic E-state index is 0.0272. The molecule has 0 amide bonds. The van der Waals surface area contributed by atoms with Crippen LogP contribution in [0.15, 0.2) is 71.5 Å². The maximum Gasteiger partial charge on any atom is 0.275 e. The maximum absolute atomic E-state index is 13.4. The molecule has 1 aromatic heterocycles. The molecule has 0 atom stereocenters. The average molecular weight is 382 g/mol. The Morgan fingerprint density at radius 2 is 1.52 bits per heavy atom. The number of ether oxygens (including phenoxy) is 1. The van der Waals surface area contributed by atoms with Crippen molar-refractivity contribution in [3.8, 4) is 16.9 Å². The van der Waals surface area contributed by atoms with Gasteiger partial charge in [-0.3, -0.25) is 9.59 Å². The van der Waals surface area contributed by atoms with Gasteiger partial charge in [0, 0.05) is 29.1 Å². The minimum atomic E-state index is -0.167. The van der Waals surface area contributed by atoms with Crippen molar-refractivity contribution in [2.45, 2.75) is 0 Å². The number of hydrogen-bond acceptors (Lipinski definition) is 4. The van der Waals surface area contributed by atoms with Gasteiger partial charge in [-0.2, -0.15) is 0 Å². The summed E-state index contributed by atoms with van der Waals surface area (Å²) in [5, 5.41) is 4.08. The Labute approximate surface area is 167 Å². The van der Waals surface area contributed by atoms with Crippen LogP contribution in [0.3, 0.4) is 0 Å². The number of benzene rings is 3. The zero-order valence-electron chi connectivity index (χ0n) is 16.0. The third kappa shape index (κ3) is 2.41. The van der Waals surface area contributed by atoms with Crippen LogP contribution >= 0.6 is 0 Å². The van der Waals surface area contributed by atoms with Gasteiger partial charge in [0.05, 0.1) is 18.3 Å². The van der Waals surface area contributed by atoms with E-state index in [1.807, 2.05) is 66.7 Å². The number of carbonyl (C=O) groups is 1. The first kappa shape index (κ1) is 17.3. The van der Waals surface area contributed by atoms with Crippen molar-refractivity contribution in [3.63, 3.8) is 0 Å². The van der Waals surface area contributed by atoms with E-state index in [0.29, 0.717) is 28.3 Å². The van der Waals surface area contributed by atoms with E-state index in [1.54, 1.807) is 18.7 Å². The first-order valence-corrected chi connectivity index (χ1v) is 9.31. The number of carbonyl (C=O) groups excluding carboxylic acids is 1. The van der Waals surface area contributed by atoms with Crippen molar-refractivity contribution in [2.24, 2.45) is 7.05 Å². The summed E-state index contributed by atoms with van der Waals surface area (Å²) in [4.78, 5) is 26.5. The molecule has 0 unspecified atom stereocenters. The lowest BCUT2D eigenvalue weighted by Crippen LogP contribution is -2.24. The fraction of sp³-hybridized carbons (Fsp3) is 0.0833. The summed E-state index contributed by atoms with van der Waals surface area (Å²) in [6.45, 7) is 0. The Hall–Kier alpha value is -3.86. The van der Waals surface area contributed by atoms with Gasteiger partial charge in [-0.05, 0) is 23.8 Å². The van der Waals surface area contributed by atoms with E-state index >= 15 is 0 Å². The molecule has 5 heteroatoms. The van der Waals surface area contributed by atoms with Gasteiger partial charge in [0.2, 0.25) is 0 Å². The van der Waals surface area contributed by atoms with Crippen LogP contribution in [-0.4, -0.2) is 17.5 Å². The number of nitrogens with zero attached hydrogens (tertiary/aromatic N) is 1. The van der Waals surface area contributed by atoms with Crippen LogP contribution in [0.4, 0.5) is 11.4 Å². The van der Waals surface area contributed by atoms with E-state index in [4.69, 9.17) is 4.74 Å². The fourth-order valence-electron chi connectivity index (χ4n) is 4.09. The SMILES string of the molecule is COc1ccccc1Nc1c2c3c(cccc3n(C)c1=O)C(=O)c1ccccc1-2. The average Bonchev–Trinajstić information content (AvgIpc) is 2.77. The van der Waals surface area contributed by atoms with Crippen LogP contribution in [-0.2, 0) is 7.05 Å². The van der Waals surface area contributed by atoms with Crippen LogP contribution < -0.4 is 15.6 Å². The van der Waals surface area contributed by atoms with E-state index in [-0.39, 0.29) is 11.3 Å². The van der Waals surface area contributed by atoms with Gasteiger partial charge in [-0.1, -0.05) is 48.5 Å². The number of aryl methyl sites for hydroxylation is 1. The predicted octanol–water partition coefficient (Wildman–Crippen LogP) is 4.50. The second-order valence-electron chi connectivity index (χ2n) is 7.01. The third-order valence-electron chi connectivity index (χ3n) is 5.47. The molecule has 0 saturated carbocycles. The van der Waals surface area contributed by atoms with Crippen molar-refractivity contribution >= 4 is 28.1 Å². The third-order valence-corrected chi connectivity index (χ3v) is 5.47. The Bertz CT molecular complexity index is 1370. The Kier molecular flexibility index (Phi) is 3.77. The molecule has 4 aromatic rings. The first-order chi connectivity index (χ1) is 14.1. The number of pyridine rings is 1. The zero-order valence-corrected chi connectivity index (χ0v) is 16.0. The molecule has 0 bridgehead atoms. The minimum Gasteiger partial charge on any atom is -0.495 e. The molecule has 0 aliphatic heterocycles. The van der Waals surface area contributed by atoms with Crippen LogP contribution in [0.2, 0.25) is 0 Å². The van der Waals surface area contributed by atoms with Gasteiger partial charge in [-0.15, -0.1) is 0 Å². The Morgan fingerprint density at radius 1 is 0.828 bits per heavy atom. The summed E-state index contributed by atoms with van der Waals surface area (Å²) < 4.78 is 7.03. The van der Waals surface area contributed by atoms with Gasteiger partial charge in [0.25, 0.3) is 5.56 Å². The molecule has 1 aliphatic rings. The van der Waals surface area contributed by atoms with Crippen molar-refractivity contribution in [1.82, 2.24) is 4.57 Å². The summed E-state index contributed by atoms with van der Waals surface area (Å²) in [7, 11) is 3.32. The largest absolute Gasteiger partial charge is 0.495 e. The summed E-state index contributed by atoms with van der Waals surface area (Å²) in [6, 6.07) is 20.4. The molecule has 142 valence electrons. The second kappa shape index (κ2) is 6.34. The number of anilines is 2. The zero-order chi connectivity index (χ0) is 20.1. The predicted molar refractivity (Wildman–Crippen MR) is 114 cm³/mol. The molecule has 5 nitrogen and oxygen atoms in total. The lowest BCUT2D eigenvalue weighted by atomic mass is 9.83. The molecule has 1 heterocycles. The summed E-state index contributed by atoms with van der Waals surface area (Å²) in [5.41, 5.74) is 4.40. The van der Waals surface area contributed by atoms with Gasteiger partial charge >= 0.3 is 0 Å². The number of rotatable bonds is 3. The molecule has 0 saturated heterocycles. The molecule has 1 N–H and O–H groups in total.